The highest BCUT2D eigenvalue weighted by atomic mass is 35.5. The Labute approximate surface area is 111 Å². The van der Waals surface area contributed by atoms with Crippen molar-refractivity contribution in [3.05, 3.63) is 60.2 Å². The Morgan fingerprint density at radius 2 is 2.11 bits per heavy atom. The molecule has 2 rings (SSSR count). The van der Waals surface area contributed by atoms with Crippen molar-refractivity contribution in [2.24, 2.45) is 0 Å². The fourth-order valence-corrected chi connectivity index (χ4v) is 1.98. The predicted molar refractivity (Wildman–Crippen MR) is 70.2 cm³/mol. The number of rotatable bonds is 5. The van der Waals surface area contributed by atoms with Gasteiger partial charge in [0.25, 0.3) is 0 Å². The van der Waals surface area contributed by atoms with Crippen LogP contribution >= 0.6 is 11.6 Å². The fourth-order valence-electron chi connectivity index (χ4n) is 1.85. The lowest BCUT2D eigenvalue weighted by Crippen LogP contribution is -2.31. The summed E-state index contributed by atoms with van der Waals surface area (Å²) in [4.78, 5) is 3.87. The van der Waals surface area contributed by atoms with Crippen molar-refractivity contribution in [1.29, 1.82) is 0 Å². The molecule has 94 valence electrons. The maximum absolute atomic E-state index is 10.7. The Bertz CT molecular complexity index is 510. The minimum atomic E-state index is -1.06. The normalized spacial score (nSPS) is 14.1. The molecule has 2 aromatic rings. The Kier molecular flexibility index (Phi) is 3.79. The van der Waals surface area contributed by atoms with Crippen molar-refractivity contribution in [1.82, 2.24) is 14.8 Å². The predicted octanol–water partition coefficient (Wildman–Crippen LogP) is 2.40. The van der Waals surface area contributed by atoms with Gasteiger partial charge in [0.1, 0.15) is 18.3 Å². The van der Waals surface area contributed by atoms with Gasteiger partial charge in [-0.05, 0) is 24.1 Å². The van der Waals surface area contributed by atoms with E-state index in [2.05, 4.69) is 16.7 Å². The minimum absolute atomic E-state index is 0.320. The molecule has 0 aliphatic carbocycles. The van der Waals surface area contributed by atoms with Crippen LogP contribution in [0.15, 0.2) is 49.6 Å². The third kappa shape index (κ3) is 2.78. The van der Waals surface area contributed by atoms with E-state index in [9.17, 15) is 5.11 Å². The molecule has 1 unspecified atom stereocenters. The first-order valence-corrected chi connectivity index (χ1v) is 5.93. The Hall–Kier alpha value is -1.65. The summed E-state index contributed by atoms with van der Waals surface area (Å²) in [5.74, 6) is 0. The summed E-state index contributed by atoms with van der Waals surface area (Å²) in [5, 5.41) is 15.4. The topological polar surface area (TPSA) is 50.9 Å². The maximum Gasteiger partial charge on any atom is 0.137 e. The lowest BCUT2D eigenvalue weighted by Gasteiger charge is -2.27. The molecule has 0 radical (unpaired) electrons. The molecule has 5 heteroatoms. The van der Waals surface area contributed by atoms with Gasteiger partial charge in [0, 0.05) is 5.02 Å². The van der Waals surface area contributed by atoms with Gasteiger partial charge in [-0.25, -0.2) is 9.67 Å². The molecule has 1 heterocycles. The zero-order chi connectivity index (χ0) is 13.0. The Morgan fingerprint density at radius 1 is 1.39 bits per heavy atom. The van der Waals surface area contributed by atoms with E-state index in [0.717, 1.165) is 5.56 Å². The van der Waals surface area contributed by atoms with Crippen LogP contribution in [0, 0.1) is 0 Å². The molecule has 0 aliphatic rings. The fraction of sp³-hybridized carbons (Fsp3) is 0.231. The van der Waals surface area contributed by atoms with Crippen LogP contribution in [0.3, 0.4) is 0 Å². The molecular formula is C13H14ClN3O. The quantitative estimate of drug-likeness (QED) is 0.843. The van der Waals surface area contributed by atoms with Crippen LogP contribution < -0.4 is 0 Å². The van der Waals surface area contributed by atoms with Crippen molar-refractivity contribution < 1.29 is 5.11 Å². The monoisotopic (exact) mass is 263 g/mol. The molecule has 0 spiro atoms. The summed E-state index contributed by atoms with van der Waals surface area (Å²) in [6.07, 6.45) is 5.13. The third-order valence-electron chi connectivity index (χ3n) is 2.75. The number of hydrogen-bond donors (Lipinski definition) is 1. The van der Waals surface area contributed by atoms with E-state index in [1.165, 1.54) is 6.33 Å². The Balaban J connectivity index is 2.30. The molecule has 0 amide bonds. The molecule has 0 saturated heterocycles. The Morgan fingerprint density at radius 3 is 2.67 bits per heavy atom. The standard InChI is InChI=1S/C13H14ClN3O/c1-2-7-13(18,8-17-10-15-9-16-17)11-3-5-12(14)6-4-11/h2-6,9-10,18H,1,7-8H2. The van der Waals surface area contributed by atoms with E-state index in [1.54, 1.807) is 29.2 Å². The largest absolute Gasteiger partial charge is 0.383 e. The highest BCUT2D eigenvalue weighted by Gasteiger charge is 2.28. The van der Waals surface area contributed by atoms with Crippen molar-refractivity contribution in [2.75, 3.05) is 0 Å². The number of nitrogens with zero attached hydrogens (tertiary/aromatic N) is 3. The highest BCUT2D eigenvalue weighted by molar-refractivity contribution is 6.30. The van der Waals surface area contributed by atoms with E-state index in [1.807, 2.05) is 12.1 Å². The lowest BCUT2D eigenvalue weighted by atomic mass is 9.90. The summed E-state index contributed by atoms with van der Waals surface area (Å²) >= 11 is 5.85. The second-order valence-corrected chi connectivity index (χ2v) is 4.56. The summed E-state index contributed by atoms with van der Waals surface area (Å²) < 4.78 is 1.60. The number of aromatic nitrogens is 3. The van der Waals surface area contributed by atoms with Crippen LogP contribution in [0.4, 0.5) is 0 Å². The number of aliphatic hydroxyl groups is 1. The molecule has 0 fully saturated rings. The van der Waals surface area contributed by atoms with Gasteiger partial charge in [-0.15, -0.1) is 6.58 Å². The number of hydrogen-bond acceptors (Lipinski definition) is 3. The van der Waals surface area contributed by atoms with Crippen molar-refractivity contribution in [3.8, 4) is 0 Å². The van der Waals surface area contributed by atoms with Crippen LogP contribution in [-0.4, -0.2) is 19.9 Å². The van der Waals surface area contributed by atoms with E-state index >= 15 is 0 Å². The van der Waals surface area contributed by atoms with Gasteiger partial charge in [0.2, 0.25) is 0 Å². The molecular weight excluding hydrogens is 250 g/mol. The zero-order valence-electron chi connectivity index (χ0n) is 9.83. The average molecular weight is 264 g/mol. The molecule has 0 bridgehead atoms. The van der Waals surface area contributed by atoms with Gasteiger partial charge in [0.15, 0.2) is 0 Å². The van der Waals surface area contributed by atoms with Gasteiger partial charge < -0.3 is 5.11 Å². The average Bonchev–Trinajstić information content (AvgIpc) is 2.82. The van der Waals surface area contributed by atoms with Crippen LogP contribution in [-0.2, 0) is 12.1 Å². The molecule has 0 aliphatic heterocycles. The molecule has 18 heavy (non-hydrogen) atoms. The van der Waals surface area contributed by atoms with E-state index in [0.29, 0.717) is 18.0 Å². The summed E-state index contributed by atoms with van der Waals surface area (Å²) in [5.41, 5.74) is -0.276. The second-order valence-electron chi connectivity index (χ2n) is 4.12. The van der Waals surface area contributed by atoms with Crippen molar-refractivity contribution >= 4 is 11.6 Å². The van der Waals surface area contributed by atoms with Gasteiger partial charge in [-0.3, -0.25) is 0 Å². The first-order chi connectivity index (χ1) is 8.64. The van der Waals surface area contributed by atoms with Crippen LogP contribution in [0.25, 0.3) is 0 Å². The van der Waals surface area contributed by atoms with E-state index in [-0.39, 0.29) is 0 Å². The zero-order valence-corrected chi connectivity index (χ0v) is 10.6. The highest BCUT2D eigenvalue weighted by Crippen LogP contribution is 2.28. The second kappa shape index (κ2) is 5.33. The van der Waals surface area contributed by atoms with Crippen molar-refractivity contribution in [3.63, 3.8) is 0 Å². The van der Waals surface area contributed by atoms with Gasteiger partial charge >= 0.3 is 0 Å². The van der Waals surface area contributed by atoms with Crippen LogP contribution in [0.1, 0.15) is 12.0 Å². The molecule has 1 aromatic heterocycles. The SMILES string of the molecule is C=CCC(O)(Cn1cncn1)c1ccc(Cl)cc1. The van der Waals surface area contributed by atoms with Gasteiger partial charge in [-0.1, -0.05) is 29.8 Å². The lowest BCUT2D eigenvalue weighted by molar-refractivity contribution is 0.0178. The van der Waals surface area contributed by atoms with Gasteiger partial charge in [0.05, 0.1) is 6.54 Å². The van der Waals surface area contributed by atoms with Crippen molar-refractivity contribution in [2.45, 2.75) is 18.6 Å². The van der Waals surface area contributed by atoms with E-state index < -0.39 is 5.60 Å². The number of benzene rings is 1. The number of halogens is 1. The summed E-state index contributed by atoms with van der Waals surface area (Å²) in [7, 11) is 0. The molecule has 1 aromatic carbocycles. The maximum atomic E-state index is 10.7. The van der Waals surface area contributed by atoms with Crippen LogP contribution in [0.5, 0.6) is 0 Å². The first kappa shape index (κ1) is 12.8. The molecule has 1 atom stereocenters. The minimum Gasteiger partial charge on any atom is -0.383 e. The third-order valence-corrected chi connectivity index (χ3v) is 3.01. The first-order valence-electron chi connectivity index (χ1n) is 5.56. The summed E-state index contributed by atoms with van der Waals surface area (Å²) in [6, 6.07) is 7.13. The molecule has 0 saturated carbocycles. The molecule has 4 nitrogen and oxygen atoms in total. The molecule has 1 N–H and O–H groups in total. The summed E-state index contributed by atoms with van der Waals surface area (Å²) in [6.45, 7) is 4.01. The van der Waals surface area contributed by atoms with Crippen LogP contribution in [0.2, 0.25) is 5.02 Å². The van der Waals surface area contributed by atoms with E-state index in [4.69, 9.17) is 11.6 Å². The smallest absolute Gasteiger partial charge is 0.137 e. The van der Waals surface area contributed by atoms with Gasteiger partial charge in [-0.2, -0.15) is 5.10 Å².